The first-order valence-corrected chi connectivity index (χ1v) is 10.7. The molecular weight excluding hydrogens is 527 g/mol. The molecule has 0 fully saturated rings. The van der Waals surface area contributed by atoms with Crippen LogP contribution in [0.4, 0.5) is 5.69 Å². The highest BCUT2D eigenvalue weighted by Crippen LogP contribution is 2.31. The minimum absolute atomic E-state index is 0.0511. The summed E-state index contributed by atoms with van der Waals surface area (Å²) >= 11 is 8.52. The fourth-order valence-corrected chi connectivity index (χ4v) is 3.98. The number of carbonyl (C=O) groups excluding carboxylic acids is 1. The minimum Gasteiger partial charge on any atom is -0.508 e. The van der Waals surface area contributed by atoms with Crippen molar-refractivity contribution in [1.29, 1.82) is 5.26 Å². The molecule has 7 heteroatoms. The van der Waals surface area contributed by atoms with Gasteiger partial charge in [-0.05, 0) is 82.3 Å². The van der Waals surface area contributed by atoms with Gasteiger partial charge in [-0.3, -0.25) is 4.79 Å². The highest BCUT2D eigenvalue weighted by Gasteiger charge is 2.14. The van der Waals surface area contributed by atoms with E-state index in [4.69, 9.17) is 16.3 Å². The van der Waals surface area contributed by atoms with Crippen LogP contribution in [0.15, 0.2) is 66.2 Å². The van der Waals surface area contributed by atoms with Crippen LogP contribution in [0, 0.1) is 14.9 Å². The van der Waals surface area contributed by atoms with Gasteiger partial charge in [-0.25, -0.2) is 0 Å². The molecule has 3 aromatic carbocycles. The normalized spacial score (nSPS) is 11.0. The van der Waals surface area contributed by atoms with Crippen molar-refractivity contribution in [2.75, 3.05) is 12.4 Å². The summed E-state index contributed by atoms with van der Waals surface area (Å²) in [5.74, 6) is 0.198. The summed E-state index contributed by atoms with van der Waals surface area (Å²) in [5.41, 5.74) is 3.05. The van der Waals surface area contributed by atoms with Gasteiger partial charge in [-0.1, -0.05) is 29.8 Å². The third-order valence-electron chi connectivity index (χ3n) is 4.52. The van der Waals surface area contributed by atoms with Crippen LogP contribution < -0.4 is 10.1 Å². The van der Waals surface area contributed by atoms with Crippen molar-refractivity contribution in [2.45, 2.75) is 6.42 Å². The molecule has 0 aliphatic carbocycles. The molecule has 2 N–H and O–H groups in total. The Kier molecular flexibility index (Phi) is 7.55. The van der Waals surface area contributed by atoms with Crippen LogP contribution in [0.25, 0.3) is 6.08 Å². The number of carbonyl (C=O) groups is 1. The van der Waals surface area contributed by atoms with E-state index in [-0.39, 0.29) is 11.3 Å². The lowest BCUT2D eigenvalue weighted by Crippen LogP contribution is -2.13. The number of hydrogen-bond acceptors (Lipinski definition) is 4. The number of nitrogens with zero attached hydrogens (tertiary/aromatic N) is 1. The smallest absolute Gasteiger partial charge is 0.266 e. The molecule has 0 aromatic heterocycles. The molecule has 156 valence electrons. The lowest BCUT2D eigenvalue weighted by atomic mass is 10.0. The minimum atomic E-state index is -0.540. The van der Waals surface area contributed by atoms with E-state index in [0.29, 0.717) is 28.4 Å². The van der Waals surface area contributed by atoms with Gasteiger partial charge in [0.15, 0.2) is 0 Å². The molecule has 0 atom stereocenters. The van der Waals surface area contributed by atoms with Crippen LogP contribution >= 0.6 is 34.2 Å². The van der Waals surface area contributed by atoms with Crippen molar-refractivity contribution in [3.8, 4) is 17.6 Å². The van der Waals surface area contributed by atoms with Crippen molar-refractivity contribution < 1.29 is 14.6 Å². The van der Waals surface area contributed by atoms with E-state index < -0.39 is 5.91 Å². The standard InChI is InChI=1S/C24H18ClIN2O3/c1-31-23-12-15(11-22(26)20(23)13-16-4-2-3-5-21(16)25)10-17(14-27)24(30)28-18-6-8-19(29)9-7-18/h2-12,29H,13H2,1H3,(H,28,30)/b17-10+. The third-order valence-corrected chi connectivity index (χ3v) is 5.85. The van der Waals surface area contributed by atoms with E-state index in [1.807, 2.05) is 36.4 Å². The Balaban J connectivity index is 1.89. The van der Waals surface area contributed by atoms with Gasteiger partial charge in [0.05, 0.1) is 7.11 Å². The maximum Gasteiger partial charge on any atom is 0.266 e. The quantitative estimate of drug-likeness (QED) is 0.178. The van der Waals surface area contributed by atoms with Gasteiger partial charge >= 0.3 is 0 Å². The Hall–Kier alpha value is -3.02. The average Bonchev–Trinajstić information content (AvgIpc) is 2.76. The monoisotopic (exact) mass is 544 g/mol. The zero-order valence-corrected chi connectivity index (χ0v) is 19.4. The molecule has 3 aromatic rings. The number of rotatable bonds is 6. The molecule has 1 amide bonds. The number of ether oxygens (including phenoxy) is 1. The summed E-state index contributed by atoms with van der Waals surface area (Å²) < 4.78 is 6.51. The summed E-state index contributed by atoms with van der Waals surface area (Å²) in [5, 5.41) is 22.2. The van der Waals surface area contributed by atoms with E-state index in [1.54, 1.807) is 25.3 Å². The number of phenols is 1. The molecule has 3 rings (SSSR count). The highest BCUT2D eigenvalue weighted by atomic mass is 127. The highest BCUT2D eigenvalue weighted by molar-refractivity contribution is 14.1. The summed E-state index contributed by atoms with van der Waals surface area (Å²) in [4.78, 5) is 12.5. The van der Waals surface area contributed by atoms with E-state index in [0.717, 1.165) is 14.7 Å². The van der Waals surface area contributed by atoms with Gasteiger partial charge < -0.3 is 15.2 Å². The lowest BCUT2D eigenvalue weighted by molar-refractivity contribution is -0.112. The van der Waals surface area contributed by atoms with Crippen LogP contribution in [-0.4, -0.2) is 18.1 Å². The molecule has 0 saturated heterocycles. The van der Waals surface area contributed by atoms with E-state index in [1.165, 1.54) is 18.2 Å². The summed E-state index contributed by atoms with van der Waals surface area (Å²) in [7, 11) is 1.58. The predicted molar refractivity (Wildman–Crippen MR) is 130 cm³/mol. The summed E-state index contributed by atoms with van der Waals surface area (Å²) in [6.07, 6.45) is 2.11. The van der Waals surface area contributed by atoms with Gasteiger partial charge in [0, 0.05) is 26.3 Å². The first-order valence-electron chi connectivity index (χ1n) is 9.23. The number of halogens is 2. The molecule has 0 aliphatic heterocycles. The Morgan fingerprint density at radius 3 is 2.58 bits per heavy atom. The number of phenolic OH excluding ortho intramolecular Hbond substituents is 1. The number of nitrogens with one attached hydrogen (secondary N) is 1. The second-order valence-corrected chi connectivity index (χ2v) is 8.19. The molecule has 0 spiro atoms. The van der Waals surface area contributed by atoms with E-state index >= 15 is 0 Å². The van der Waals surface area contributed by atoms with E-state index in [9.17, 15) is 15.2 Å². The number of anilines is 1. The topological polar surface area (TPSA) is 82.3 Å². The molecule has 0 aliphatic rings. The molecular formula is C24H18ClIN2O3. The molecule has 0 radical (unpaired) electrons. The number of hydrogen-bond donors (Lipinski definition) is 2. The van der Waals surface area contributed by atoms with Crippen LogP contribution in [0.1, 0.15) is 16.7 Å². The zero-order valence-electron chi connectivity index (χ0n) is 16.5. The van der Waals surface area contributed by atoms with Gasteiger partial charge in [0.1, 0.15) is 23.1 Å². The second kappa shape index (κ2) is 10.3. The average molecular weight is 545 g/mol. The van der Waals surface area contributed by atoms with Crippen molar-refractivity contribution in [3.05, 3.63) is 91.5 Å². The maximum atomic E-state index is 12.5. The number of nitriles is 1. The Bertz CT molecular complexity index is 1180. The molecule has 0 bridgehead atoms. The molecule has 31 heavy (non-hydrogen) atoms. The summed E-state index contributed by atoms with van der Waals surface area (Å²) in [6, 6.07) is 19.3. The first-order chi connectivity index (χ1) is 14.9. The predicted octanol–water partition coefficient (Wildman–Crippen LogP) is 5.80. The van der Waals surface area contributed by atoms with Gasteiger partial charge in [-0.15, -0.1) is 0 Å². The SMILES string of the molecule is COc1cc(/C=C(\C#N)C(=O)Nc2ccc(O)cc2)cc(I)c1Cc1ccccc1Cl. The van der Waals surface area contributed by atoms with E-state index in [2.05, 4.69) is 27.9 Å². The fourth-order valence-electron chi connectivity index (χ4n) is 2.96. The van der Waals surface area contributed by atoms with Crippen molar-refractivity contribution >= 4 is 51.9 Å². The first kappa shape index (κ1) is 22.7. The number of methoxy groups -OCH3 is 1. The number of aromatic hydroxyl groups is 1. The third kappa shape index (κ3) is 5.78. The number of amides is 1. The molecule has 5 nitrogen and oxygen atoms in total. The lowest BCUT2D eigenvalue weighted by Gasteiger charge is -2.13. The fraction of sp³-hybridized carbons (Fsp3) is 0.0833. The van der Waals surface area contributed by atoms with Crippen molar-refractivity contribution in [2.24, 2.45) is 0 Å². The van der Waals surface area contributed by atoms with Gasteiger partial charge in [0.25, 0.3) is 5.91 Å². The van der Waals surface area contributed by atoms with Crippen LogP contribution in [-0.2, 0) is 11.2 Å². The van der Waals surface area contributed by atoms with Crippen LogP contribution in [0.3, 0.4) is 0 Å². The largest absolute Gasteiger partial charge is 0.508 e. The Morgan fingerprint density at radius 1 is 1.23 bits per heavy atom. The molecule has 0 saturated carbocycles. The van der Waals surface area contributed by atoms with Crippen molar-refractivity contribution in [3.63, 3.8) is 0 Å². The van der Waals surface area contributed by atoms with Gasteiger partial charge in [0.2, 0.25) is 0 Å². The van der Waals surface area contributed by atoms with Crippen molar-refractivity contribution in [1.82, 2.24) is 0 Å². The Labute approximate surface area is 199 Å². The van der Waals surface area contributed by atoms with Crippen LogP contribution in [0.2, 0.25) is 5.02 Å². The maximum absolute atomic E-state index is 12.5. The molecule has 0 unspecified atom stereocenters. The zero-order chi connectivity index (χ0) is 22.4. The summed E-state index contributed by atoms with van der Waals surface area (Å²) in [6.45, 7) is 0. The van der Waals surface area contributed by atoms with Crippen LogP contribution in [0.5, 0.6) is 11.5 Å². The Morgan fingerprint density at radius 2 is 1.94 bits per heavy atom. The molecule has 0 heterocycles. The van der Waals surface area contributed by atoms with Gasteiger partial charge in [-0.2, -0.15) is 5.26 Å². The number of benzene rings is 3. The second-order valence-electron chi connectivity index (χ2n) is 6.62.